The molecule has 3 rings (SSSR count). The zero-order valence-electron chi connectivity index (χ0n) is 15.5. The molecule has 138 valence electrons. The van der Waals surface area contributed by atoms with Gasteiger partial charge in [-0.05, 0) is 40.2 Å². The van der Waals surface area contributed by atoms with Crippen LogP contribution in [0.5, 0.6) is 0 Å². The number of carbonyl (C=O) groups excluding carboxylic acids is 1. The van der Waals surface area contributed by atoms with E-state index in [1.165, 1.54) is 0 Å². The minimum Gasteiger partial charge on any atom is -0.444 e. The van der Waals surface area contributed by atoms with E-state index in [0.29, 0.717) is 13.2 Å². The molecule has 25 heavy (non-hydrogen) atoms. The lowest BCUT2D eigenvalue weighted by Crippen LogP contribution is -2.42. The normalized spacial score (nSPS) is 28.0. The Morgan fingerprint density at radius 3 is 2.56 bits per heavy atom. The van der Waals surface area contributed by atoms with Crippen LogP contribution in [0.2, 0.25) is 0 Å². The Morgan fingerprint density at radius 1 is 1.24 bits per heavy atom. The van der Waals surface area contributed by atoms with Crippen LogP contribution in [0.3, 0.4) is 0 Å². The summed E-state index contributed by atoms with van der Waals surface area (Å²) in [6.45, 7) is 10.1. The maximum Gasteiger partial charge on any atom is 0.412 e. The zero-order chi connectivity index (χ0) is 18.2. The van der Waals surface area contributed by atoms with Gasteiger partial charge in [-0.2, -0.15) is 0 Å². The monoisotopic (exact) mass is 349 g/mol. The molecule has 2 saturated heterocycles. The van der Waals surface area contributed by atoms with Crippen LogP contribution in [0.1, 0.15) is 40.2 Å². The van der Waals surface area contributed by atoms with Crippen LogP contribution < -0.4 is 0 Å². The van der Waals surface area contributed by atoms with Crippen LogP contribution in [0, 0.1) is 0 Å². The second-order valence-corrected chi connectivity index (χ2v) is 7.96. The van der Waals surface area contributed by atoms with E-state index < -0.39 is 23.7 Å². The number of ether oxygens (including phenoxy) is 4. The molecule has 1 amide bonds. The third-order valence-electron chi connectivity index (χ3n) is 4.09. The summed E-state index contributed by atoms with van der Waals surface area (Å²) in [5.41, 5.74) is 0.512. The first-order valence-corrected chi connectivity index (χ1v) is 8.65. The van der Waals surface area contributed by atoms with Crippen LogP contribution in [0.15, 0.2) is 30.3 Å². The summed E-state index contributed by atoms with van der Waals surface area (Å²) >= 11 is 0. The smallest absolute Gasteiger partial charge is 0.412 e. The van der Waals surface area contributed by atoms with Crippen molar-refractivity contribution in [2.75, 3.05) is 6.54 Å². The van der Waals surface area contributed by atoms with Gasteiger partial charge in [0.2, 0.25) is 0 Å². The van der Waals surface area contributed by atoms with E-state index in [-0.39, 0.29) is 12.2 Å². The molecule has 1 aromatic rings. The number of rotatable bonds is 3. The van der Waals surface area contributed by atoms with E-state index in [4.69, 9.17) is 18.9 Å². The van der Waals surface area contributed by atoms with Crippen molar-refractivity contribution in [1.29, 1.82) is 0 Å². The van der Waals surface area contributed by atoms with Crippen LogP contribution in [-0.4, -0.2) is 47.4 Å². The second-order valence-electron chi connectivity index (χ2n) is 7.96. The van der Waals surface area contributed by atoms with Crippen LogP contribution in [0.25, 0.3) is 0 Å². The van der Waals surface area contributed by atoms with Crippen molar-refractivity contribution in [3.8, 4) is 0 Å². The van der Waals surface area contributed by atoms with Gasteiger partial charge in [-0.3, -0.25) is 4.90 Å². The highest BCUT2D eigenvalue weighted by Crippen LogP contribution is 2.38. The third kappa shape index (κ3) is 4.32. The molecule has 0 radical (unpaired) electrons. The number of hydrogen-bond donors (Lipinski definition) is 0. The number of carbonyl (C=O) groups is 1. The molecular weight excluding hydrogens is 322 g/mol. The summed E-state index contributed by atoms with van der Waals surface area (Å²) in [7, 11) is 0. The molecule has 0 saturated carbocycles. The highest BCUT2D eigenvalue weighted by molar-refractivity contribution is 5.69. The summed E-state index contributed by atoms with van der Waals surface area (Å²) in [6, 6.07) is 9.93. The Bertz CT molecular complexity index is 610. The highest BCUT2D eigenvalue weighted by Gasteiger charge is 2.56. The molecular formula is C19H27NO5. The SMILES string of the molecule is CC(C)(C)OC(=O)N1C[C@@H](OCc2ccccc2)[C@H]2OC(C)(C)O[C@H]21. The molecule has 1 aromatic carbocycles. The van der Waals surface area contributed by atoms with Crippen molar-refractivity contribution in [2.24, 2.45) is 0 Å². The van der Waals surface area contributed by atoms with Gasteiger partial charge < -0.3 is 18.9 Å². The molecule has 0 bridgehead atoms. The number of benzene rings is 1. The number of hydrogen-bond acceptors (Lipinski definition) is 5. The summed E-state index contributed by atoms with van der Waals surface area (Å²) in [4.78, 5) is 14.1. The fraction of sp³-hybridized carbons (Fsp3) is 0.632. The highest BCUT2D eigenvalue weighted by atomic mass is 16.8. The summed E-state index contributed by atoms with van der Waals surface area (Å²) in [5, 5.41) is 0. The van der Waals surface area contributed by atoms with Gasteiger partial charge in [-0.25, -0.2) is 4.79 Å². The first-order valence-electron chi connectivity index (χ1n) is 8.65. The molecule has 2 fully saturated rings. The summed E-state index contributed by atoms with van der Waals surface area (Å²) < 4.78 is 23.5. The first-order chi connectivity index (χ1) is 11.6. The molecule has 2 heterocycles. The van der Waals surface area contributed by atoms with E-state index in [1.807, 2.05) is 65.0 Å². The maximum absolute atomic E-state index is 12.5. The molecule has 0 unspecified atom stereocenters. The Labute approximate surface area is 149 Å². The quantitative estimate of drug-likeness (QED) is 0.838. The molecule has 2 aliphatic heterocycles. The standard InChI is InChI=1S/C19H27NO5/c1-18(2,3)25-17(21)20-11-14(15-16(20)24-19(4,5)23-15)22-12-13-9-7-6-8-10-13/h6-10,14-16H,11-12H2,1-5H3/t14-,15-,16-/m1/s1. The Kier molecular flexibility index (Phi) is 4.79. The van der Waals surface area contributed by atoms with Gasteiger partial charge in [0.1, 0.15) is 17.8 Å². The fourth-order valence-electron chi connectivity index (χ4n) is 3.10. The number of amides is 1. The summed E-state index contributed by atoms with van der Waals surface area (Å²) in [5.74, 6) is -0.760. The lowest BCUT2D eigenvalue weighted by atomic mass is 10.2. The van der Waals surface area contributed by atoms with Gasteiger partial charge in [0.25, 0.3) is 0 Å². The largest absolute Gasteiger partial charge is 0.444 e. The van der Waals surface area contributed by atoms with E-state index in [0.717, 1.165) is 5.56 Å². The Hall–Kier alpha value is -1.63. The van der Waals surface area contributed by atoms with Gasteiger partial charge in [-0.15, -0.1) is 0 Å². The van der Waals surface area contributed by atoms with Crippen LogP contribution in [0.4, 0.5) is 4.79 Å². The van der Waals surface area contributed by atoms with Crippen molar-refractivity contribution in [2.45, 2.75) is 71.0 Å². The Balaban J connectivity index is 1.70. The molecule has 2 aliphatic rings. The van der Waals surface area contributed by atoms with Crippen molar-refractivity contribution in [3.05, 3.63) is 35.9 Å². The number of fused-ring (bicyclic) bond motifs is 1. The molecule has 0 N–H and O–H groups in total. The molecule has 0 aliphatic carbocycles. The van der Waals surface area contributed by atoms with Gasteiger partial charge in [0.15, 0.2) is 12.0 Å². The van der Waals surface area contributed by atoms with E-state index in [9.17, 15) is 4.79 Å². The third-order valence-corrected chi connectivity index (χ3v) is 4.09. The lowest BCUT2D eigenvalue weighted by molar-refractivity contribution is -0.179. The average Bonchev–Trinajstić information content (AvgIpc) is 2.98. The predicted molar refractivity (Wildman–Crippen MR) is 91.8 cm³/mol. The maximum atomic E-state index is 12.5. The molecule has 0 aromatic heterocycles. The van der Waals surface area contributed by atoms with Gasteiger partial charge in [0.05, 0.1) is 13.2 Å². The van der Waals surface area contributed by atoms with Crippen molar-refractivity contribution in [3.63, 3.8) is 0 Å². The van der Waals surface area contributed by atoms with E-state index in [2.05, 4.69) is 0 Å². The minimum atomic E-state index is -0.760. The van der Waals surface area contributed by atoms with Crippen molar-refractivity contribution < 1.29 is 23.7 Å². The summed E-state index contributed by atoms with van der Waals surface area (Å²) in [6.07, 6.45) is -1.49. The lowest BCUT2D eigenvalue weighted by Gasteiger charge is -2.28. The topological polar surface area (TPSA) is 57.2 Å². The fourth-order valence-corrected chi connectivity index (χ4v) is 3.10. The molecule has 3 atom stereocenters. The van der Waals surface area contributed by atoms with E-state index in [1.54, 1.807) is 4.90 Å². The van der Waals surface area contributed by atoms with Gasteiger partial charge in [0, 0.05) is 0 Å². The van der Waals surface area contributed by atoms with Gasteiger partial charge >= 0.3 is 6.09 Å². The number of likely N-dealkylation sites (tertiary alicyclic amines) is 1. The van der Waals surface area contributed by atoms with E-state index >= 15 is 0 Å². The Morgan fingerprint density at radius 2 is 1.92 bits per heavy atom. The van der Waals surface area contributed by atoms with Crippen LogP contribution in [-0.2, 0) is 25.6 Å². The van der Waals surface area contributed by atoms with Gasteiger partial charge in [-0.1, -0.05) is 30.3 Å². The molecule has 0 spiro atoms. The average molecular weight is 349 g/mol. The first kappa shape index (κ1) is 18.2. The molecule has 6 nitrogen and oxygen atoms in total. The van der Waals surface area contributed by atoms with Crippen molar-refractivity contribution >= 4 is 6.09 Å². The van der Waals surface area contributed by atoms with Crippen LogP contribution >= 0.6 is 0 Å². The zero-order valence-corrected chi connectivity index (χ0v) is 15.5. The molecule has 6 heteroatoms. The minimum absolute atomic E-state index is 0.264. The number of nitrogens with zero attached hydrogens (tertiary/aromatic N) is 1. The predicted octanol–water partition coefficient (Wildman–Crippen LogP) is 3.30. The second kappa shape index (κ2) is 6.59. The van der Waals surface area contributed by atoms with Crippen molar-refractivity contribution in [1.82, 2.24) is 4.90 Å².